The Bertz CT molecular complexity index is 659. The summed E-state index contributed by atoms with van der Waals surface area (Å²) in [5.74, 6) is -0.989. The second-order valence-corrected chi connectivity index (χ2v) is 4.89. The van der Waals surface area contributed by atoms with Crippen molar-refractivity contribution in [2.75, 3.05) is 12.4 Å². The van der Waals surface area contributed by atoms with Crippen LogP contribution in [0.15, 0.2) is 6.07 Å². The Morgan fingerprint density at radius 1 is 1.00 bits per heavy atom. The molecule has 9 nitrogen and oxygen atoms in total. The van der Waals surface area contributed by atoms with E-state index in [2.05, 4.69) is 16.0 Å². The summed E-state index contributed by atoms with van der Waals surface area (Å²) in [6, 6.07) is 0.737. The third-order valence-electron chi connectivity index (χ3n) is 2.99. The summed E-state index contributed by atoms with van der Waals surface area (Å²) in [5.41, 5.74) is 1.26. The highest BCUT2D eigenvalue weighted by Gasteiger charge is 2.19. The zero-order valence-electron chi connectivity index (χ0n) is 14.1. The van der Waals surface area contributed by atoms with Crippen LogP contribution in [0.5, 0.6) is 11.5 Å². The fraction of sp³-hybridized carbons (Fsp3) is 0.333. The Balaban J connectivity index is 3.28. The predicted molar refractivity (Wildman–Crippen MR) is 87.5 cm³/mol. The molecular weight excluding hydrogens is 316 g/mol. The minimum Gasteiger partial charge on any atom is -0.426 e. The molecule has 0 aliphatic heterocycles. The molecule has 0 saturated heterocycles. The fourth-order valence-electron chi connectivity index (χ4n) is 1.89. The van der Waals surface area contributed by atoms with Crippen molar-refractivity contribution in [1.29, 1.82) is 5.41 Å². The number of anilines is 1. The van der Waals surface area contributed by atoms with Gasteiger partial charge in [0.05, 0.1) is 5.69 Å². The molecule has 24 heavy (non-hydrogen) atoms. The Kier molecular flexibility index (Phi) is 6.28. The van der Waals surface area contributed by atoms with Gasteiger partial charge < -0.3 is 20.1 Å². The number of rotatable bonds is 3. The fourth-order valence-corrected chi connectivity index (χ4v) is 1.89. The van der Waals surface area contributed by atoms with Crippen LogP contribution in [-0.2, 0) is 9.59 Å². The standard InChI is InChI=1S/C15H20N4O5/c1-7-11(23-9(3)20)6-12(24-10(4)21)8(2)13(7)18-15(22)19-14(16)17-5/h6H,1-5H3,(H4,16,17,18,19,22). The van der Waals surface area contributed by atoms with Crippen LogP contribution in [-0.4, -0.2) is 31.0 Å². The SMILES string of the molecule is CNC(=N)NC(=O)Nc1c(C)c(OC(C)=O)cc(OC(C)=O)c1C. The van der Waals surface area contributed by atoms with Gasteiger partial charge >= 0.3 is 18.0 Å². The van der Waals surface area contributed by atoms with Crippen LogP contribution in [0.25, 0.3) is 0 Å². The van der Waals surface area contributed by atoms with E-state index in [0.717, 1.165) is 0 Å². The van der Waals surface area contributed by atoms with Crippen LogP contribution in [0.1, 0.15) is 25.0 Å². The predicted octanol–water partition coefficient (Wildman–Crippen LogP) is 1.43. The summed E-state index contributed by atoms with van der Waals surface area (Å²) in [6.45, 7) is 5.75. The third-order valence-corrected chi connectivity index (χ3v) is 2.99. The summed E-state index contributed by atoms with van der Waals surface area (Å²) < 4.78 is 10.2. The van der Waals surface area contributed by atoms with Crippen molar-refractivity contribution in [2.45, 2.75) is 27.7 Å². The zero-order valence-corrected chi connectivity index (χ0v) is 14.1. The molecule has 0 heterocycles. The summed E-state index contributed by atoms with van der Waals surface area (Å²) in [5, 5.41) is 14.7. The monoisotopic (exact) mass is 336 g/mol. The van der Waals surface area contributed by atoms with E-state index in [9.17, 15) is 14.4 Å². The molecule has 0 spiro atoms. The first-order valence-corrected chi connectivity index (χ1v) is 7.01. The molecular formula is C15H20N4O5. The van der Waals surface area contributed by atoms with E-state index in [0.29, 0.717) is 16.8 Å². The van der Waals surface area contributed by atoms with E-state index in [1.165, 1.54) is 27.0 Å². The number of amides is 2. The molecule has 0 atom stereocenters. The maximum Gasteiger partial charge on any atom is 0.326 e. The number of carbonyl (C=O) groups excluding carboxylic acids is 3. The number of carbonyl (C=O) groups is 3. The lowest BCUT2D eigenvalue weighted by Crippen LogP contribution is -2.40. The highest BCUT2D eigenvalue weighted by molar-refractivity contribution is 6.02. The smallest absolute Gasteiger partial charge is 0.326 e. The molecule has 2 amide bonds. The van der Waals surface area contributed by atoms with Crippen LogP contribution in [0.4, 0.5) is 10.5 Å². The molecule has 0 aromatic heterocycles. The molecule has 130 valence electrons. The van der Waals surface area contributed by atoms with Crippen molar-refractivity contribution in [1.82, 2.24) is 10.6 Å². The number of guanidine groups is 1. The van der Waals surface area contributed by atoms with Crippen molar-refractivity contribution in [3.05, 3.63) is 17.2 Å². The molecule has 0 saturated carbocycles. The second-order valence-electron chi connectivity index (χ2n) is 4.89. The van der Waals surface area contributed by atoms with Gasteiger partial charge in [0.25, 0.3) is 0 Å². The van der Waals surface area contributed by atoms with Gasteiger partial charge in [-0.2, -0.15) is 0 Å². The van der Waals surface area contributed by atoms with Gasteiger partial charge in [0.1, 0.15) is 11.5 Å². The van der Waals surface area contributed by atoms with Crippen LogP contribution in [0.3, 0.4) is 0 Å². The van der Waals surface area contributed by atoms with Gasteiger partial charge in [-0.15, -0.1) is 0 Å². The normalized spacial score (nSPS) is 9.71. The van der Waals surface area contributed by atoms with Gasteiger partial charge in [0.15, 0.2) is 5.96 Å². The molecule has 0 radical (unpaired) electrons. The van der Waals surface area contributed by atoms with Gasteiger partial charge in [-0.3, -0.25) is 20.3 Å². The van der Waals surface area contributed by atoms with Gasteiger partial charge in [0, 0.05) is 38.1 Å². The lowest BCUT2D eigenvalue weighted by molar-refractivity contribution is -0.132. The molecule has 0 unspecified atom stereocenters. The van der Waals surface area contributed by atoms with Gasteiger partial charge in [0.2, 0.25) is 0 Å². The van der Waals surface area contributed by atoms with Crippen molar-refractivity contribution >= 4 is 29.6 Å². The summed E-state index contributed by atoms with van der Waals surface area (Å²) in [6.07, 6.45) is 0. The highest BCUT2D eigenvalue weighted by Crippen LogP contribution is 2.36. The average Bonchev–Trinajstić information content (AvgIpc) is 2.47. The minimum atomic E-state index is -0.672. The average molecular weight is 336 g/mol. The Morgan fingerprint density at radius 2 is 1.46 bits per heavy atom. The van der Waals surface area contributed by atoms with Crippen molar-refractivity contribution in [2.24, 2.45) is 0 Å². The highest BCUT2D eigenvalue weighted by atomic mass is 16.5. The lowest BCUT2D eigenvalue weighted by Gasteiger charge is -2.18. The van der Waals surface area contributed by atoms with Gasteiger partial charge in [-0.25, -0.2) is 4.79 Å². The summed E-state index contributed by atoms with van der Waals surface area (Å²) >= 11 is 0. The largest absolute Gasteiger partial charge is 0.426 e. The van der Waals surface area contributed by atoms with Crippen molar-refractivity contribution < 1.29 is 23.9 Å². The summed E-state index contributed by atoms with van der Waals surface area (Å²) in [7, 11) is 1.49. The topological polar surface area (TPSA) is 130 Å². The molecule has 1 aromatic rings. The van der Waals surface area contributed by atoms with Crippen LogP contribution in [0.2, 0.25) is 0 Å². The number of hydrogen-bond donors (Lipinski definition) is 4. The molecule has 1 rings (SSSR count). The van der Waals surface area contributed by atoms with Gasteiger partial charge in [-0.1, -0.05) is 0 Å². The van der Waals surface area contributed by atoms with E-state index in [1.54, 1.807) is 13.8 Å². The minimum absolute atomic E-state index is 0.156. The zero-order chi connectivity index (χ0) is 18.4. The number of esters is 2. The van der Waals surface area contributed by atoms with Gasteiger partial charge in [-0.05, 0) is 13.8 Å². The number of benzene rings is 1. The number of hydrogen-bond acceptors (Lipinski definition) is 6. The van der Waals surface area contributed by atoms with E-state index in [-0.39, 0.29) is 17.5 Å². The number of ether oxygens (including phenoxy) is 2. The first-order chi connectivity index (χ1) is 11.1. The summed E-state index contributed by atoms with van der Waals surface area (Å²) in [4.78, 5) is 34.4. The molecule has 0 fully saturated rings. The maximum atomic E-state index is 11.9. The van der Waals surface area contributed by atoms with Crippen molar-refractivity contribution in [3.63, 3.8) is 0 Å². The molecule has 0 bridgehead atoms. The second kappa shape index (κ2) is 7.95. The number of urea groups is 1. The lowest BCUT2D eigenvalue weighted by atomic mass is 10.1. The van der Waals surface area contributed by atoms with E-state index in [1.807, 2.05) is 0 Å². The quantitative estimate of drug-likeness (QED) is 0.286. The molecule has 9 heteroatoms. The maximum absolute atomic E-state index is 11.9. The van der Waals surface area contributed by atoms with Crippen LogP contribution in [0, 0.1) is 19.3 Å². The van der Waals surface area contributed by atoms with E-state index >= 15 is 0 Å². The molecule has 4 N–H and O–H groups in total. The Morgan fingerprint density at radius 3 is 1.83 bits per heavy atom. The number of nitrogens with one attached hydrogen (secondary N) is 4. The third kappa shape index (κ3) is 4.97. The molecule has 1 aromatic carbocycles. The first kappa shape index (κ1) is 18.9. The van der Waals surface area contributed by atoms with E-state index < -0.39 is 18.0 Å². The molecule has 0 aliphatic rings. The Labute approximate surface area is 139 Å². The van der Waals surface area contributed by atoms with Crippen LogP contribution < -0.4 is 25.4 Å². The van der Waals surface area contributed by atoms with E-state index in [4.69, 9.17) is 14.9 Å². The van der Waals surface area contributed by atoms with Crippen molar-refractivity contribution in [3.8, 4) is 11.5 Å². The Hall–Kier alpha value is -3.10. The first-order valence-electron chi connectivity index (χ1n) is 7.01. The molecule has 0 aliphatic carbocycles. The van der Waals surface area contributed by atoms with Crippen LogP contribution >= 0.6 is 0 Å².